The van der Waals surface area contributed by atoms with Gasteiger partial charge < -0.3 is 0 Å². The lowest BCUT2D eigenvalue weighted by Gasteiger charge is -1.96. The number of benzene rings is 1. The molecule has 0 atom stereocenters. The van der Waals surface area contributed by atoms with Gasteiger partial charge in [-0.05, 0) is 6.07 Å². The summed E-state index contributed by atoms with van der Waals surface area (Å²) in [6.45, 7) is 0. The predicted octanol–water partition coefficient (Wildman–Crippen LogP) is 1.22. The van der Waals surface area contributed by atoms with Crippen molar-refractivity contribution in [2.24, 2.45) is 5.10 Å². The van der Waals surface area contributed by atoms with Gasteiger partial charge in [-0.25, -0.2) is 13.2 Å². The molecule has 0 spiro atoms. The highest BCUT2D eigenvalue weighted by molar-refractivity contribution is 7.88. The first-order chi connectivity index (χ1) is 6.49. The van der Waals surface area contributed by atoms with E-state index in [0.717, 1.165) is 6.26 Å². The van der Waals surface area contributed by atoms with Crippen LogP contribution in [0.2, 0.25) is 5.02 Å². The summed E-state index contributed by atoms with van der Waals surface area (Å²) >= 11 is 5.81. The van der Waals surface area contributed by atoms with Crippen LogP contribution in [0.4, 0.5) is 0 Å². The van der Waals surface area contributed by atoms with Gasteiger partial charge in [-0.3, -0.25) is 0 Å². The molecule has 1 aromatic rings. The molecule has 0 aliphatic rings. The minimum Gasteiger partial charge on any atom is -0.206 e. The average Bonchev–Trinajstić information content (AvgIpc) is 2.06. The fraction of sp³-hybridized carbons (Fsp3) is 0.125. The monoisotopic (exact) mass is 232 g/mol. The summed E-state index contributed by atoms with van der Waals surface area (Å²) in [7, 11) is -3.30. The van der Waals surface area contributed by atoms with Gasteiger partial charge in [0.1, 0.15) is 0 Å². The highest BCUT2D eigenvalue weighted by atomic mass is 35.5. The van der Waals surface area contributed by atoms with Crippen molar-refractivity contribution >= 4 is 27.8 Å². The number of hydrogen-bond donors (Lipinski definition) is 1. The Bertz CT molecular complexity index is 442. The maximum Gasteiger partial charge on any atom is 0.244 e. The van der Waals surface area contributed by atoms with Crippen molar-refractivity contribution < 1.29 is 8.42 Å². The molecule has 0 saturated carbocycles. The average molecular weight is 233 g/mol. The molecule has 0 fully saturated rings. The lowest BCUT2D eigenvalue weighted by Crippen LogP contribution is -2.15. The molecular weight excluding hydrogens is 224 g/mol. The Morgan fingerprint density at radius 3 is 2.64 bits per heavy atom. The Kier molecular flexibility index (Phi) is 3.49. The first-order valence-electron chi connectivity index (χ1n) is 3.73. The fourth-order valence-electron chi connectivity index (χ4n) is 0.771. The SMILES string of the molecule is CS(=O)(=O)N/N=C/c1ccccc1Cl. The van der Waals surface area contributed by atoms with Crippen molar-refractivity contribution in [1.82, 2.24) is 4.83 Å². The van der Waals surface area contributed by atoms with Gasteiger partial charge in [0.2, 0.25) is 10.0 Å². The normalized spacial score (nSPS) is 11.9. The van der Waals surface area contributed by atoms with E-state index in [2.05, 4.69) is 5.10 Å². The zero-order valence-corrected chi connectivity index (χ0v) is 9.01. The van der Waals surface area contributed by atoms with Crippen LogP contribution in [0.5, 0.6) is 0 Å². The van der Waals surface area contributed by atoms with Crippen LogP contribution in [-0.2, 0) is 10.0 Å². The number of rotatable bonds is 3. The maximum absolute atomic E-state index is 10.6. The third-order valence-corrected chi connectivity index (χ3v) is 2.11. The molecule has 4 nitrogen and oxygen atoms in total. The number of nitrogens with one attached hydrogen (secondary N) is 1. The van der Waals surface area contributed by atoms with Gasteiger partial charge in [0.25, 0.3) is 0 Å². The molecule has 1 rings (SSSR count). The summed E-state index contributed by atoms with van der Waals surface area (Å²) in [6.07, 6.45) is 2.38. The summed E-state index contributed by atoms with van der Waals surface area (Å²) in [5, 5.41) is 4.05. The van der Waals surface area contributed by atoms with E-state index in [0.29, 0.717) is 10.6 Å². The highest BCUT2D eigenvalue weighted by Crippen LogP contribution is 2.11. The predicted molar refractivity (Wildman–Crippen MR) is 57.0 cm³/mol. The standard InChI is InChI=1S/C8H9ClN2O2S/c1-14(12,13)11-10-6-7-4-2-3-5-8(7)9/h2-6,11H,1H3/b10-6+. The van der Waals surface area contributed by atoms with Crippen molar-refractivity contribution in [2.45, 2.75) is 0 Å². The molecule has 0 heterocycles. The second-order valence-corrected chi connectivity index (χ2v) is 4.78. The summed E-state index contributed by atoms with van der Waals surface area (Å²) in [6, 6.07) is 7.00. The zero-order chi connectivity index (χ0) is 10.6. The molecule has 1 aromatic carbocycles. The Morgan fingerprint density at radius 2 is 2.07 bits per heavy atom. The number of halogens is 1. The van der Waals surface area contributed by atoms with Gasteiger partial charge in [-0.15, -0.1) is 0 Å². The van der Waals surface area contributed by atoms with Crippen molar-refractivity contribution in [3.05, 3.63) is 34.9 Å². The molecule has 6 heteroatoms. The molecule has 76 valence electrons. The van der Waals surface area contributed by atoms with Gasteiger partial charge in [0, 0.05) is 10.6 Å². The number of sulfonamides is 1. The van der Waals surface area contributed by atoms with Crippen molar-refractivity contribution in [1.29, 1.82) is 0 Å². The first-order valence-corrected chi connectivity index (χ1v) is 6.00. The van der Waals surface area contributed by atoms with Gasteiger partial charge in [0.05, 0.1) is 12.5 Å². The molecule has 0 aliphatic heterocycles. The van der Waals surface area contributed by atoms with E-state index < -0.39 is 10.0 Å². The van der Waals surface area contributed by atoms with Crippen LogP contribution in [0.15, 0.2) is 29.4 Å². The summed E-state index contributed by atoms with van der Waals surface area (Å²) in [5.41, 5.74) is 0.658. The molecule has 0 aliphatic carbocycles. The van der Waals surface area contributed by atoms with Crippen LogP contribution in [0.25, 0.3) is 0 Å². The molecule has 0 bridgehead atoms. The van der Waals surface area contributed by atoms with Gasteiger partial charge >= 0.3 is 0 Å². The number of hydrogen-bond acceptors (Lipinski definition) is 3. The van der Waals surface area contributed by atoms with Crippen LogP contribution in [-0.4, -0.2) is 20.9 Å². The summed E-state index contributed by atoms with van der Waals surface area (Å²) in [4.78, 5) is 1.98. The summed E-state index contributed by atoms with van der Waals surface area (Å²) < 4.78 is 21.3. The number of hydrazone groups is 1. The number of nitrogens with zero attached hydrogens (tertiary/aromatic N) is 1. The lowest BCUT2D eigenvalue weighted by molar-refractivity contribution is 0.591. The Hall–Kier alpha value is -1.07. The van der Waals surface area contributed by atoms with Crippen LogP contribution in [0, 0.1) is 0 Å². The van der Waals surface area contributed by atoms with E-state index in [-0.39, 0.29) is 0 Å². The quantitative estimate of drug-likeness (QED) is 0.629. The molecule has 14 heavy (non-hydrogen) atoms. The minimum atomic E-state index is -3.30. The van der Waals surface area contributed by atoms with E-state index in [4.69, 9.17) is 11.6 Å². The van der Waals surface area contributed by atoms with Crippen molar-refractivity contribution in [2.75, 3.05) is 6.26 Å². The molecule has 0 unspecified atom stereocenters. The van der Waals surface area contributed by atoms with Crippen LogP contribution in [0.1, 0.15) is 5.56 Å². The van der Waals surface area contributed by atoms with Crippen LogP contribution >= 0.6 is 11.6 Å². The fourth-order valence-corrected chi connectivity index (χ4v) is 1.20. The van der Waals surface area contributed by atoms with Gasteiger partial charge in [-0.1, -0.05) is 29.8 Å². The Balaban J connectivity index is 2.75. The van der Waals surface area contributed by atoms with E-state index in [1.54, 1.807) is 24.3 Å². The Morgan fingerprint density at radius 1 is 1.43 bits per heavy atom. The van der Waals surface area contributed by atoms with E-state index >= 15 is 0 Å². The maximum atomic E-state index is 10.6. The third kappa shape index (κ3) is 3.76. The third-order valence-electron chi connectivity index (χ3n) is 1.33. The summed E-state index contributed by atoms with van der Waals surface area (Å²) in [5.74, 6) is 0. The molecule has 1 N–H and O–H groups in total. The largest absolute Gasteiger partial charge is 0.244 e. The highest BCUT2D eigenvalue weighted by Gasteiger charge is 1.96. The van der Waals surface area contributed by atoms with Gasteiger partial charge in [0.15, 0.2) is 0 Å². The topological polar surface area (TPSA) is 58.5 Å². The molecular formula is C8H9ClN2O2S. The van der Waals surface area contributed by atoms with E-state index in [9.17, 15) is 8.42 Å². The van der Waals surface area contributed by atoms with E-state index in [1.165, 1.54) is 6.21 Å². The molecule has 0 saturated heterocycles. The molecule has 0 aromatic heterocycles. The Labute approximate surface area is 87.6 Å². The van der Waals surface area contributed by atoms with Crippen molar-refractivity contribution in [3.8, 4) is 0 Å². The van der Waals surface area contributed by atoms with Crippen molar-refractivity contribution in [3.63, 3.8) is 0 Å². The molecule has 0 amide bonds. The van der Waals surface area contributed by atoms with Crippen LogP contribution < -0.4 is 4.83 Å². The van der Waals surface area contributed by atoms with E-state index in [1.807, 2.05) is 4.83 Å². The van der Waals surface area contributed by atoms with Gasteiger partial charge in [-0.2, -0.15) is 5.10 Å². The lowest BCUT2D eigenvalue weighted by atomic mass is 10.2. The minimum absolute atomic E-state index is 0.520. The molecule has 0 radical (unpaired) electrons. The first kappa shape index (κ1) is 11.0. The second kappa shape index (κ2) is 4.43. The van der Waals surface area contributed by atoms with Crippen LogP contribution in [0.3, 0.4) is 0 Å². The second-order valence-electron chi connectivity index (χ2n) is 2.64. The smallest absolute Gasteiger partial charge is 0.206 e. The zero-order valence-electron chi connectivity index (χ0n) is 7.44.